The molecule has 118 valence electrons. The Bertz CT molecular complexity index is 704. The predicted molar refractivity (Wildman–Crippen MR) is 89.2 cm³/mol. The minimum absolute atomic E-state index is 0.0452. The lowest BCUT2D eigenvalue weighted by molar-refractivity contribution is -0.132. The van der Waals surface area contributed by atoms with Crippen molar-refractivity contribution < 1.29 is 13.2 Å². The van der Waals surface area contributed by atoms with Crippen molar-refractivity contribution >= 4 is 32.7 Å². The van der Waals surface area contributed by atoms with Gasteiger partial charge in [-0.05, 0) is 36.3 Å². The molecule has 0 spiro atoms. The van der Waals surface area contributed by atoms with Crippen LogP contribution < -0.4 is 0 Å². The molecule has 0 aromatic carbocycles. The zero-order valence-corrected chi connectivity index (χ0v) is 13.9. The Hall–Kier alpha value is -1.40. The molecule has 1 fully saturated rings. The lowest BCUT2D eigenvalue weighted by Crippen LogP contribution is -2.43. The summed E-state index contributed by atoms with van der Waals surface area (Å²) in [6.07, 6.45) is 5.07. The van der Waals surface area contributed by atoms with Crippen molar-refractivity contribution in [3.63, 3.8) is 0 Å². The Morgan fingerprint density at radius 2 is 2.27 bits per heavy atom. The van der Waals surface area contributed by atoms with E-state index in [2.05, 4.69) is 24.1 Å². The van der Waals surface area contributed by atoms with E-state index in [1.807, 2.05) is 11.0 Å². The average Bonchev–Trinajstić information content (AvgIpc) is 3.12. The summed E-state index contributed by atoms with van der Waals surface area (Å²) >= 11 is 1.73. The quantitative estimate of drug-likeness (QED) is 0.830. The molecule has 3 heterocycles. The van der Waals surface area contributed by atoms with Gasteiger partial charge in [0.2, 0.25) is 5.91 Å². The maximum Gasteiger partial charge on any atom is 0.224 e. The summed E-state index contributed by atoms with van der Waals surface area (Å²) < 4.78 is 22.9. The smallest absolute Gasteiger partial charge is 0.224 e. The molecule has 1 aromatic rings. The Balaban J connectivity index is 1.72. The normalized spacial score (nSPS) is 24.2. The van der Waals surface area contributed by atoms with E-state index in [1.165, 1.54) is 10.5 Å². The first-order valence-corrected chi connectivity index (χ1v) is 10.0. The number of hydrogen-bond donors (Lipinski definition) is 0. The van der Waals surface area contributed by atoms with Gasteiger partial charge >= 0.3 is 0 Å². The molecule has 0 N–H and O–H groups in total. The fourth-order valence-electron chi connectivity index (χ4n) is 3.30. The lowest BCUT2D eigenvalue weighted by atomic mass is 9.99. The Morgan fingerprint density at radius 1 is 1.45 bits per heavy atom. The molecular formula is C16H19NO3S2. The molecule has 2 atom stereocenters. The Kier molecular flexibility index (Phi) is 4.23. The number of carbonyl (C=O) groups is 1. The molecule has 0 saturated carbocycles. The number of amides is 1. The van der Waals surface area contributed by atoms with Gasteiger partial charge in [0.15, 0.2) is 9.84 Å². The second kappa shape index (κ2) is 6.01. The van der Waals surface area contributed by atoms with Crippen molar-refractivity contribution in [2.24, 2.45) is 0 Å². The predicted octanol–water partition coefficient (Wildman–Crippen LogP) is 2.84. The Morgan fingerprint density at radius 3 is 2.91 bits per heavy atom. The molecule has 1 aromatic heterocycles. The second-order valence-electron chi connectivity index (χ2n) is 5.76. The average molecular weight is 337 g/mol. The van der Waals surface area contributed by atoms with Gasteiger partial charge in [-0.25, -0.2) is 8.42 Å². The molecule has 6 heteroatoms. The summed E-state index contributed by atoms with van der Waals surface area (Å²) in [5.74, 6) is -0.202. The van der Waals surface area contributed by atoms with Crippen LogP contribution >= 0.6 is 11.3 Å². The van der Waals surface area contributed by atoms with Crippen LogP contribution in [0.5, 0.6) is 0 Å². The van der Waals surface area contributed by atoms with Gasteiger partial charge in [0.25, 0.3) is 0 Å². The summed E-state index contributed by atoms with van der Waals surface area (Å²) in [6, 6.07) is 4.49. The van der Waals surface area contributed by atoms with Crippen molar-refractivity contribution in [3.8, 4) is 0 Å². The number of rotatable bonds is 5. The highest BCUT2D eigenvalue weighted by Gasteiger charge is 2.39. The third-order valence-corrected chi connectivity index (χ3v) is 6.60. The number of nitrogens with zero attached hydrogens (tertiary/aromatic N) is 1. The molecule has 22 heavy (non-hydrogen) atoms. The lowest BCUT2D eigenvalue weighted by Gasteiger charge is -2.34. The third kappa shape index (κ3) is 3.03. The van der Waals surface area contributed by atoms with Crippen molar-refractivity contribution in [1.29, 1.82) is 0 Å². The maximum atomic E-state index is 12.4. The largest absolute Gasteiger partial charge is 0.333 e. The molecule has 2 bridgehead atoms. The number of carbonyl (C=O) groups excluding carboxylic acids is 1. The molecule has 2 unspecified atom stereocenters. The van der Waals surface area contributed by atoms with E-state index in [0.717, 1.165) is 24.7 Å². The second-order valence-corrected chi connectivity index (χ2v) is 8.77. The van der Waals surface area contributed by atoms with E-state index in [-0.39, 0.29) is 30.2 Å². The zero-order valence-electron chi connectivity index (χ0n) is 12.3. The van der Waals surface area contributed by atoms with Crippen LogP contribution in [-0.2, 0) is 14.6 Å². The van der Waals surface area contributed by atoms with Gasteiger partial charge < -0.3 is 4.90 Å². The summed E-state index contributed by atoms with van der Waals surface area (Å²) in [4.78, 5) is 15.6. The number of fused-ring (bicyclic) bond motifs is 2. The standard InChI is InChI=1S/C16H19NO3S2/c1-2-22(19,20)9-7-16(18)17-13-5-6-14(17)11-12(10-13)15-4-3-8-21-15/h2-4,8,10,13-14H,1,5-7,9,11H2. The van der Waals surface area contributed by atoms with E-state index < -0.39 is 9.84 Å². The molecule has 1 saturated heterocycles. The van der Waals surface area contributed by atoms with Crippen LogP contribution in [0.25, 0.3) is 5.57 Å². The third-order valence-electron chi connectivity index (χ3n) is 4.38. The van der Waals surface area contributed by atoms with Gasteiger partial charge in [-0.15, -0.1) is 11.3 Å². The minimum Gasteiger partial charge on any atom is -0.333 e. The fourth-order valence-corrected chi connectivity index (χ4v) is 4.69. The van der Waals surface area contributed by atoms with E-state index in [1.54, 1.807) is 11.3 Å². The highest BCUT2D eigenvalue weighted by Crippen LogP contribution is 2.39. The van der Waals surface area contributed by atoms with Gasteiger partial charge in [0, 0.05) is 22.7 Å². The highest BCUT2D eigenvalue weighted by molar-refractivity contribution is 7.94. The molecule has 2 aliphatic heterocycles. The highest BCUT2D eigenvalue weighted by atomic mass is 32.2. The molecule has 2 aliphatic rings. The minimum atomic E-state index is -3.31. The van der Waals surface area contributed by atoms with Crippen LogP contribution in [-0.4, -0.2) is 37.1 Å². The molecule has 3 rings (SSSR count). The van der Waals surface area contributed by atoms with E-state index in [9.17, 15) is 13.2 Å². The molecule has 1 amide bonds. The van der Waals surface area contributed by atoms with E-state index in [4.69, 9.17) is 0 Å². The van der Waals surface area contributed by atoms with Gasteiger partial charge in [-0.1, -0.05) is 18.7 Å². The number of sulfone groups is 1. The van der Waals surface area contributed by atoms with Crippen molar-refractivity contribution in [2.45, 2.75) is 37.8 Å². The molecule has 0 radical (unpaired) electrons. The molecular weight excluding hydrogens is 318 g/mol. The van der Waals surface area contributed by atoms with E-state index >= 15 is 0 Å². The summed E-state index contributed by atoms with van der Waals surface area (Å²) in [5.41, 5.74) is 1.32. The number of hydrogen-bond acceptors (Lipinski definition) is 4. The van der Waals surface area contributed by atoms with Crippen LogP contribution in [0.4, 0.5) is 0 Å². The fraction of sp³-hybridized carbons (Fsp3) is 0.438. The first kappa shape index (κ1) is 15.5. The monoisotopic (exact) mass is 337 g/mol. The first-order valence-electron chi connectivity index (χ1n) is 7.41. The van der Waals surface area contributed by atoms with Crippen molar-refractivity contribution in [1.82, 2.24) is 4.90 Å². The molecule has 0 aliphatic carbocycles. The van der Waals surface area contributed by atoms with Gasteiger partial charge in [0.05, 0.1) is 11.8 Å². The van der Waals surface area contributed by atoms with Crippen LogP contribution in [0.2, 0.25) is 0 Å². The van der Waals surface area contributed by atoms with Crippen LogP contribution in [0, 0.1) is 0 Å². The van der Waals surface area contributed by atoms with Crippen LogP contribution in [0.15, 0.2) is 35.6 Å². The topological polar surface area (TPSA) is 54.5 Å². The van der Waals surface area contributed by atoms with Crippen LogP contribution in [0.3, 0.4) is 0 Å². The maximum absolute atomic E-state index is 12.4. The SMILES string of the molecule is C=CS(=O)(=O)CCC(=O)N1C2C=C(c3cccs3)CC1CC2. The summed E-state index contributed by atoms with van der Waals surface area (Å²) in [6.45, 7) is 3.28. The van der Waals surface area contributed by atoms with E-state index in [0.29, 0.717) is 0 Å². The number of thiophene rings is 1. The van der Waals surface area contributed by atoms with Crippen molar-refractivity contribution in [2.75, 3.05) is 5.75 Å². The van der Waals surface area contributed by atoms with Gasteiger partial charge in [-0.2, -0.15) is 0 Å². The van der Waals surface area contributed by atoms with Gasteiger partial charge in [0.1, 0.15) is 0 Å². The first-order chi connectivity index (χ1) is 10.5. The van der Waals surface area contributed by atoms with Crippen molar-refractivity contribution in [3.05, 3.63) is 40.5 Å². The summed E-state index contributed by atoms with van der Waals surface area (Å²) in [7, 11) is -3.31. The summed E-state index contributed by atoms with van der Waals surface area (Å²) in [5, 5.41) is 3.00. The van der Waals surface area contributed by atoms with Gasteiger partial charge in [-0.3, -0.25) is 4.79 Å². The van der Waals surface area contributed by atoms with Crippen LogP contribution in [0.1, 0.15) is 30.6 Å². The Labute approximate surface area is 135 Å². The zero-order chi connectivity index (χ0) is 15.7. The molecule has 4 nitrogen and oxygen atoms in total.